The standard InChI is InChI=1S/C24H33N3O4S2/c1-31-21-11-9-20(10-12-21)26-14-16-27(17-15-26)33(29,30)22-13-18-32-23(22)24(28)25-19-7-5-3-2-4-6-8-19/h9-13,18-19H,2-8,14-17H2,1H3,(H,25,28). The molecule has 1 aromatic carbocycles. The van der Waals surface area contributed by atoms with Crippen molar-refractivity contribution in [3.63, 3.8) is 0 Å². The van der Waals surface area contributed by atoms with E-state index in [2.05, 4.69) is 10.2 Å². The molecule has 1 N–H and O–H groups in total. The Balaban J connectivity index is 1.41. The summed E-state index contributed by atoms with van der Waals surface area (Å²) in [5.41, 5.74) is 1.04. The van der Waals surface area contributed by atoms with E-state index < -0.39 is 10.0 Å². The van der Waals surface area contributed by atoms with E-state index in [0.717, 1.165) is 37.1 Å². The number of carbonyl (C=O) groups is 1. The Bertz CT molecular complexity index is 1020. The van der Waals surface area contributed by atoms with Crippen LogP contribution in [0.2, 0.25) is 0 Å². The molecule has 7 nitrogen and oxygen atoms in total. The second kappa shape index (κ2) is 10.9. The van der Waals surface area contributed by atoms with E-state index in [1.807, 2.05) is 24.3 Å². The molecule has 33 heavy (non-hydrogen) atoms. The largest absolute Gasteiger partial charge is 0.497 e. The molecule has 180 valence electrons. The van der Waals surface area contributed by atoms with Gasteiger partial charge < -0.3 is 15.0 Å². The lowest BCUT2D eigenvalue weighted by atomic mass is 9.97. The van der Waals surface area contributed by atoms with E-state index in [-0.39, 0.29) is 16.8 Å². The number of hydrogen-bond acceptors (Lipinski definition) is 6. The number of ether oxygens (including phenoxy) is 1. The van der Waals surface area contributed by atoms with Gasteiger partial charge in [0.2, 0.25) is 10.0 Å². The van der Waals surface area contributed by atoms with Crippen LogP contribution >= 0.6 is 11.3 Å². The molecule has 0 atom stereocenters. The second-order valence-corrected chi connectivity index (χ2v) is 11.5. The fraction of sp³-hybridized carbons (Fsp3) is 0.542. The monoisotopic (exact) mass is 491 g/mol. The number of sulfonamides is 1. The molecule has 0 radical (unpaired) electrons. The summed E-state index contributed by atoms with van der Waals surface area (Å²) in [4.78, 5) is 15.6. The van der Waals surface area contributed by atoms with Crippen LogP contribution in [0.15, 0.2) is 40.6 Å². The SMILES string of the molecule is COc1ccc(N2CCN(S(=O)(=O)c3ccsc3C(=O)NC3CCCCCCC3)CC2)cc1. The first-order valence-corrected chi connectivity index (χ1v) is 14.1. The zero-order valence-electron chi connectivity index (χ0n) is 19.2. The van der Waals surface area contributed by atoms with Gasteiger partial charge in [0.05, 0.1) is 7.11 Å². The van der Waals surface area contributed by atoms with Crippen LogP contribution in [-0.4, -0.2) is 58.0 Å². The maximum absolute atomic E-state index is 13.4. The van der Waals surface area contributed by atoms with Gasteiger partial charge in [-0.2, -0.15) is 4.31 Å². The Kier molecular flexibility index (Phi) is 7.93. The molecule has 2 aromatic rings. The van der Waals surface area contributed by atoms with Gasteiger partial charge in [-0.15, -0.1) is 11.3 Å². The Hall–Kier alpha value is -2.10. The molecular formula is C24H33N3O4S2. The van der Waals surface area contributed by atoms with E-state index in [0.29, 0.717) is 31.1 Å². The number of piperazine rings is 1. The molecular weight excluding hydrogens is 458 g/mol. The van der Waals surface area contributed by atoms with E-state index in [4.69, 9.17) is 4.74 Å². The molecule has 1 amide bonds. The highest BCUT2D eigenvalue weighted by molar-refractivity contribution is 7.89. The van der Waals surface area contributed by atoms with Gasteiger partial charge in [-0.1, -0.05) is 32.1 Å². The van der Waals surface area contributed by atoms with Crippen LogP contribution in [0, 0.1) is 0 Å². The topological polar surface area (TPSA) is 79.0 Å². The van der Waals surface area contributed by atoms with E-state index in [9.17, 15) is 13.2 Å². The fourth-order valence-corrected chi connectivity index (χ4v) is 7.36. The summed E-state index contributed by atoms with van der Waals surface area (Å²) in [6.45, 7) is 1.96. The molecule has 1 aliphatic carbocycles. The summed E-state index contributed by atoms with van der Waals surface area (Å²) < 4.78 is 33.5. The minimum atomic E-state index is -3.73. The number of amides is 1. The van der Waals surface area contributed by atoms with Gasteiger partial charge in [-0.25, -0.2) is 8.42 Å². The molecule has 0 spiro atoms. The molecule has 1 aliphatic heterocycles. The van der Waals surface area contributed by atoms with Crippen molar-refractivity contribution in [2.45, 2.75) is 55.9 Å². The van der Waals surface area contributed by atoms with Gasteiger partial charge in [-0.3, -0.25) is 4.79 Å². The third-order valence-corrected chi connectivity index (χ3v) is 9.55. The van der Waals surface area contributed by atoms with Gasteiger partial charge in [0.25, 0.3) is 5.91 Å². The molecule has 1 aromatic heterocycles. The van der Waals surface area contributed by atoms with Crippen molar-refractivity contribution in [3.8, 4) is 5.75 Å². The number of benzene rings is 1. The molecule has 9 heteroatoms. The number of thiophene rings is 1. The first kappa shape index (κ1) is 24.0. The van der Waals surface area contributed by atoms with Crippen LogP contribution in [0.1, 0.15) is 54.6 Å². The summed E-state index contributed by atoms with van der Waals surface area (Å²) in [5, 5.41) is 4.81. The molecule has 2 aliphatic rings. The maximum atomic E-state index is 13.4. The normalized spacial score (nSPS) is 19.0. The average Bonchev–Trinajstić information content (AvgIpc) is 3.32. The van der Waals surface area contributed by atoms with Crippen LogP contribution < -0.4 is 15.0 Å². The summed E-state index contributed by atoms with van der Waals surface area (Å²) in [7, 11) is -2.09. The van der Waals surface area contributed by atoms with E-state index in [1.54, 1.807) is 18.6 Å². The highest BCUT2D eigenvalue weighted by Crippen LogP contribution is 2.28. The zero-order chi connectivity index (χ0) is 23.3. The number of methoxy groups -OCH3 is 1. The Morgan fingerprint density at radius 3 is 2.24 bits per heavy atom. The van der Waals surface area contributed by atoms with E-state index in [1.165, 1.54) is 34.9 Å². The summed E-state index contributed by atoms with van der Waals surface area (Å²) in [5.74, 6) is 0.536. The second-order valence-electron chi connectivity index (χ2n) is 8.72. The maximum Gasteiger partial charge on any atom is 0.262 e. The number of rotatable bonds is 6. The first-order valence-electron chi connectivity index (χ1n) is 11.8. The van der Waals surface area contributed by atoms with Crippen LogP contribution in [0.3, 0.4) is 0 Å². The highest BCUT2D eigenvalue weighted by Gasteiger charge is 2.33. The third-order valence-electron chi connectivity index (χ3n) is 6.57. The van der Waals surface area contributed by atoms with Crippen molar-refractivity contribution in [3.05, 3.63) is 40.6 Å². The predicted molar refractivity (Wildman–Crippen MR) is 132 cm³/mol. The van der Waals surface area contributed by atoms with Crippen LogP contribution in [-0.2, 0) is 10.0 Å². The lowest BCUT2D eigenvalue weighted by Gasteiger charge is -2.35. The van der Waals surface area contributed by atoms with E-state index >= 15 is 0 Å². The molecule has 0 unspecified atom stereocenters. The minimum Gasteiger partial charge on any atom is -0.497 e. The Labute approximate surface area is 200 Å². The summed E-state index contributed by atoms with van der Waals surface area (Å²) in [6, 6.07) is 9.49. The minimum absolute atomic E-state index is 0.128. The van der Waals surface area contributed by atoms with Gasteiger partial charge in [0, 0.05) is 37.9 Å². The third kappa shape index (κ3) is 5.70. The molecule has 2 heterocycles. The van der Waals surface area contributed by atoms with Crippen LogP contribution in [0.4, 0.5) is 5.69 Å². The number of carbonyl (C=O) groups excluding carboxylic acids is 1. The van der Waals surface area contributed by atoms with Crippen LogP contribution in [0.5, 0.6) is 5.75 Å². The number of nitrogens with zero attached hydrogens (tertiary/aromatic N) is 2. The number of hydrogen-bond donors (Lipinski definition) is 1. The average molecular weight is 492 g/mol. The fourth-order valence-electron chi connectivity index (χ4n) is 4.64. The van der Waals surface area contributed by atoms with Gasteiger partial charge in [0.15, 0.2) is 0 Å². The quantitative estimate of drug-likeness (QED) is 0.658. The van der Waals surface area contributed by atoms with Gasteiger partial charge >= 0.3 is 0 Å². The number of anilines is 1. The van der Waals surface area contributed by atoms with Crippen molar-refractivity contribution in [1.29, 1.82) is 0 Å². The Morgan fingerprint density at radius 1 is 0.970 bits per heavy atom. The van der Waals surface area contributed by atoms with Gasteiger partial charge in [-0.05, 0) is 48.6 Å². The van der Waals surface area contributed by atoms with Crippen molar-refractivity contribution in [2.75, 3.05) is 38.2 Å². The molecule has 1 saturated heterocycles. The summed E-state index contributed by atoms with van der Waals surface area (Å²) in [6.07, 6.45) is 7.82. The molecule has 2 fully saturated rings. The smallest absolute Gasteiger partial charge is 0.262 e. The Morgan fingerprint density at radius 2 is 1.61 bits per heavy atom. The van der Waals surface area contributed by atoms with Crippen molar-refractivity contribution in [2.24, 2.45) is 0 Å². The number of nitrogens with one attached hydrogen (secondary N) is 1. The van der Waals surface area contributed by atoms with Crippen LogP contribution in [0.25, 0.3) is 0 Å². The lowest BCUT2D eigenvalue weighted by Crippen LogP contribution is -2.49. The molecule has 1 saturated carbocycles. The molecule has 0 bridgehead atoms. The lowest BCUT2D eigenvalue weighted by molar-refractivity contribution is 0.0931. The highest BCUT2D eigenvalue weighted by atomic mass is 32.2. The van der Waals surface area contributed by atoms with Crippen molar-refractivity contribution >= 4 is 33.0 Å². The van der Waals surface area contributed by atoms with Crippen molar-refractivity contribution in [1.82, 2.24) is 9.62 Å². The van der Waals surface area contributed by atoms with Crippen molar-refractivity contribution < 1.29 is 17.9 Å². The first-order chi connectivity index (χ1) is 16.0. The predicted octanol–water partition coefficient (Wildman–Crippen LogP) is 4.11. The molecule has 4 rings (SSSR count). The summed E-state index contributed by atoms with van der Waals surface area (Å²) >= 11 is 1.21. The zero-order valence-corrected chi connectivity index (χ0v) is 20.8. The van der Waals surface area contributed by atoms with Gasteiger partial charge in [0.1, 0.15) is 15.5 Å².